The van der Waals surface area contributed by atoms with Gasteiger partial charge in [0.15, 0.2) is 0 Å². The highest BCUT2D eigenvalue weighted by molar-refractivity contribution is 7.89. The normalized spacial score (nSPS) is 17.7. The number of anilines is 1. The molecule has 1 amide bonds. The van der Waals surface area contributed by atoms with Crippen LogP contribution < -0.4 is 10.1 Å². The fraction of sp³-hybridized carbons (Fsp3) is 0.381. The summed E-state index contributed by atoms with van der Waals surface area (Å²) in [7, 11) is -2.17. The Hall–Kier alpha value is -2.09. The van der Waals surface area contributed by atoms with Gasteiger partial charge in [-0.05, 0) is 62.1 Å². The molecule has 1 aliphatic rings. The van der Waals surface area contributed by atoms with Crippen LogP contribution in [0, 0.1) is 19.8 Å². The van der Waals surface area contributed by atoms with Crippen molar-refractivity contribution in [3.8, 4) is 5.75 Å². The summed E-state index contributed by atoms with van der Waals surface area (Å²) in [4.78, 5) is 13.0. The van der Waals surface area contributed by atoms with Crippen LogP contribution in [0.1, 0.15) is 24.0 Å². The molecule has 0 radical (unpaired) electrons. The lowest BCUT2D eigenvalue weighted by atomic mass is 9.98. The number of hydrogen-bond donors (Lipinski definition) is 1. The number of nitrogens with one attached hydrogen (secondary N) is 1. The first-order valence-electron chi connectivity index (χ1n) is 9.44. The first kappa shape index (κ1) is 21.6. The van der Waals surface area contributed by atoms with Crippen LogP contribution in [0.5, 0.6) is 5.75 Å². The van der Waals surface area contributed by atoms with Gasteiger partial charge in [0.2, 0.25) is 15.9 Å². The molecular weight excluding hydrogens is 412 g/mol. The molecule has 0 saturated carbocycles. The first-order valence-corrected chi connectivity index (χ1v) is 11.3. The number of amides is 1. The minimum Gasteiger partial charge on any atom is -0.495 e. The number of piperidine rings is 1. The number of carbonyl (C=O) groups is 1. The SMILES string of the molecule is COc1ccc(C)cc1NC(=O)[C@H]1CCCN(S(=O)(=O)c2ccc(C)c(Cl)c2)C1. The zero-order valence-electron chi connectivity index (χ0n) is 16.7. The number of sulfonamides is 1. The molecule has 3 rings (SSSR count). The number of benzene rings is 2. The van der Waals surface area contributed by atoms with Gasteiger partial charge in [0.1, 0.15) is 5.75 Å². The first-order chi connectivity index (χ1) is 13.7. The Morgan fingerprint density at radius 2 is 1.97 bits per heavy atom. The van der Waals surface area contributed by atoms with Crippen molar-refractivity contribution in [3.63, 3.8) is 0 Å². The summed E-state index contributed by atoms with van der Waals surface area (Å²) in [5, 5.41) is 3.30. The predicted molar refractivity (Wildman–Crippen MR) is 114 cm³/mol. The number of nitrogens with zero attached hydrogens (tertiary/aromatic N) is 1. The van der Waals surface area contributed by atoms with E-state index >= 15 is 0 Å². The standard InChI is InChI=1S/C21H25ClN2O4S/c1-14-6-9-20(28-3)19(11-14)23-21(25)16-5-4-10-24(13-16)29(26,27)17-8-7-15(2)18(22)12-17/h6-9,11-12,16H,4-5,10,13H2,1-3H3,(H,23,25)/t16-/m0/s1. The molecule has 8 heteroatoms. The summed E-state index contributed by atoms with van der Waals surface area (Å²) < 4.78 is 32.8. The highest BCUT2D eigenvalue weighted by Gasteiger charge is 2.33. The van der Waals surface area contributed by atoms with Crippen LogP contribution in [0.15, 0.2) is 41.3 Å². The maximum absolute atomic E-state index is 13.0. The number of ether oxygens (including phenoxy) is 1. The van der Waals surface area contributed by atoms with Crippen molar-refractivity contribution in [1.82, 2.24) is 4.31 Å². The number of halogens is 1. The van der Waals surface area contributed by atoms with Gasteiger partial charge in [-0.25, -0.2) is 8.42 Å². The molecule has 0 bridgehead atoms. The number of hydrogen-bond acceptors (Lipinski definition) is 4. The second-order valence-corrected chi connectivity index (χ2v) is 9.65. The van der Waals surface area contributed by atoms with Gasteiger partial charge in [0, 0.05) is 18.1 Å². The van der Waals surface area contributed by atoms with E-state index in [2.05, 4.69) is 5.32 Å². The average molecular weight is 437 g/mol. The van der Waals surface area contributed by atoms with Gasteiger partial charge in [-0.15, -0.1) is 0 Å². The molecule has 1 atom stereocenters. The van der Waals surface area contributed by atoms with Gasteiger partial charge in [-0.1, -0.05) is 23.7 Å². The van der Waals surface area contributed by atoms with Gasteiger partial charge < -0.3 is 10.1 Å². The maximum atomic E-state index is 13.0. The summed E-state index contributed by atoms with van der Waals surface area (Å²) in [6, 6.07) is 10.2. The highest BCUT2D eigenvalue weighted by Crippen LogP contribution is 2.29. The Bertz CT molecular complexity index is 1020. The molecule has 0 aliphatic carbocycles. The van der Waals surface area contributed by atoms with E-state index in [-0.39, 0.29) is 17.3 Å². The van der Waals surface area contributed by atoms with E-state index in [9.17, 15) is 13.2 Å². The van der Waals surface area contributed by atoms with Gasteiger partial charge in [-0.3, -0.25) is 4.79 Å². The van der Waals surface area contributed by atoms with Crippen LogP contribution in [-0.2, 0) is 14.8 Å². The molecule has 29 heavy (non-hydrogen) atoms. The molecule has 156 valence electrons. The largest absolute Gasteiger partial charge is 0.495 e. The highest BCUT2D eigenvalue weighted by atomic mass is 35.5. The van der Waals surface area contributed by atoms with Crippen LogP contribution in [-0.4, -0.2) is 38.8 Å². The monoisotopic (exact) mass is 436 g/mol. The van der Waals surface area contributed by atoms with E-state index in [1.165, 1.54) is 10.4 Å². The third kappa shape index (κ3) is 4.74. The van der Waals surface area contributed by atoms with E-state index < -0.39 is 15.9 Å². The van der Waals surface area contributed by atoms with E-state index in [1.807, 2.05) is 26.0 Å². The van der Waals surface area contributed by atoms with E-state index in [0.29, 0.717) is 35.8 Å². The third-order valence-electron chi connectivity index (χ3n) is 5.15. The molecule has 1 saturated heterocycles. The zero-order chi connectivity index (χ0) is 21.2. The average Bonchev–Trinajstić information content (AvgIpc) is 2.70. The van der Waals surface area contributed by atoms with Crippen molar-refractivity contribution in [3.05, 3.63) is 52.5 Å². The summed E-state index contributed by atoms with van der Waals surface area (Å²) in [5.41, 5.74) is 2.39. The topological polar surface area (TPSA) is 75.7 Å². The van der Waals surface area contributed by atoms with Crippen LogP contribution >= 0.6 is 11.6 Å². The summed E-state index contributed by atoms with van der Waals surface area (Å²) in [5.74, 6) is -0.0843. The van der Waals surface area contributed by atoms with E-state index in [4.69, 9.17) is 16.3 Å². The second kappa shape index (κ2) is 8.73. The summed E-state index contributed by atoms with van der Waals surface area (Å²) in [6.45, 7) is 4.26. The van der Waals surface area contributed by atoms with Crippen LogP contribution in [0.3, 0.4) is 0 Å². The number of carbonyl (C=O) groups excluding carboxylic acids is 1. The molecule has 0 spiro atoms. The lowest BCUT2D eigenvalue weighted by Gasteiger charge is -2.31. The Morgan fingerprint density at radius 1 is 1.21 bits per heavy atom. The van der Waals surface area contributed by atoms with E-state index in [1.54, 1.807) is 25.3 Å². The van der Waals surface area contributed by atoms with Crippen molar-refractivity contribution in [2.75, 3.05) is 25.5 Å². The number of methoxy groups -OCH3 is 1. The van der Waals surface area contributed by atoms with Crippen LogP contribution in [0.2, 0.25) is 5.02 Å². The molecule has 1 fully saturated rings. The van der Waals surface area contributed by atoms with Crippen molar-refractivity contribution in [1.29, 1.82) is 0 Å². The van der Waals surface area contributed by atoms with Gasteiger partial charge in [0.05, 0.1) is 23.6 Å². The summed E-state index contributed by atoms with van der Waals surface area (Å²) >= 11 is 6.11. The van der Waals surface area contributed by atoms with Crippen molar-refractivity contribution in [2.24, 2.45) is 5.92 Å². The Morgan fingerprint density at radius 3 is 2.66 bits per heavy atom. The lowest BCUT2D eigenvalue weighted by Crippen LogP contribution is -2.43. The maximum Gasteiger partial charge on any atom is 0.243 e. The van der Waals surface area contributed by atoms with Crippen molar-refractivity contribution >= 4 is 33.2 Å². The van der Waals surface area contributed by atoms with Crippen molar-refractivity contribution < 1.29 is 17.9 Å². The number of rotatable bonds is 5. The molecule has 1 heterocycles. The molecular formula is C21H25ClN2O4S. The molecule has 2 aromatic rings. The predicted octanol–water partition coefficient (Wildman–Crippen LogP) is 4.00. The van der Waals surface area contributed by atoms with Gasteiger partial charge in [-0.2, -0.15) is 4.31 Å². The quantitative estimate of drug-likeness (QED) is 0.768. The third-order valence-corrected chi connectivity index (χ3v) is 7.42. The van der Waals surface area contributed by atoms with Crippen LogP contribution in [0.4, 0.5) is 5.69 Å². The molecule has 0 aromatic heterocycles. The Balaban J connectivity index is 1.77. The number of aryl methyl sites for hydroxylation is 2. The molecule has 1 aliphatic heterocycles. The fourth-order valence-corrected chi connectivity index (χ4v) is 5.21. The van der Waals surface area contributed by atoms with Crippen LogP contribution in [0.25, 0.3) is 0 Å². The minimum atomic E-state index is -3.72. The fourth-order valence-electron chi connectivity index (χ4n) is 3.41. The Labute approximate surface area is 176 Å². The van der Waals surface area contributed by atoms with Gasteiger partial charge >= 0.3 is 0 Å². The lowest BCUT2D eigenvalue weighted by molar-refractivity contribution is -0.120. The Kier molecular flexibility index (Phi) is 6.51. The molecule has 1 N–H and O–H groups in total. The van der Waals surface area contributed by atoms with Crippen molar-refractivity contribution in [2.45, 2.75) is 31.6 Å². The minimum absolute atomic E-state index is 0.133. The van der Waals surface area contributed by atoms with E-state index in [0.717, 1.165) is 11.1 Å². The zero-order valence-corrected chi connectivity index (χ0v) is 18.3. The molecule has 6 nitrogen and oxygen atoms in total. The van der Waals surface area contributed by atoms with Gasteiger partial charge in [0.25, 0.3) is 0 Å². The smallest absolute Gasteiger partial charge is 0.243 e. The molecule has 0 unspecified atom stereocenters. The molecule has 2 aromatic carbocycles. The summed E-state index contributed by atoms with van der Waals surface area (Å²) in [6.07, 6.45) is 1.24. The second-order valence-electron chi connectivity index (χ2n) is 7.31.